The van der Waals surface area contributed by atoms with Crippen molar-refractivity contribution in [1.29, 1.82) is 0 Å². The van der Waals surface area contributed by atoms with Gasteiger partial charge in [0.05, 0.1) is 12.0 Å². The minimum absolute atomic E-state index is 0.173. The highest BCUT2D eigenvalue weighted by Gasteiger charge is 2.45. The minimum atomic E-state index is -1.05. The van der Waals surface area contributed by atoms with E-state index in [0.29, 0.717) is 26.1 Å². The lowest BCUT2D eigenvalue weighted by atomic mass is 9.93. The molecule has 2 atom stereocenters. The Hall–Kier alpha value is -1.14. The van der Waals surface area contributed by atoms with Gasteiger partial charge >= 0.3 is 0 Å². The van der Waals surface area contributed by atoms with Gasteiger partial charge in [-0.3, -0.25) is 4.79 Å². The van der Waals surface area contributed by atoms with Crippen molar-refractivity contribution in [3.05, 3.63) is 42.0 Å². The van der Waals surface area contributed by atoms with E-state index >= 15 is 0 Å². The molecule has 1 heterocycles. The van der Waals surface area contributed by atoms with Crippen LogP contribution in [0, 0.1) is 5.92 Å². The van der Waals surface area contributed by atoms with Crippen molar-refractivity contribution in [3.8, 4) is 0 Å². The molecule has 1 fully saturated rings. The molecule has 0 saturated carbocycles. The highest BCUT2D eigenvalue weighted by molar-refractivity contribution is 8.13. The third kappa shape index (κ3) is 5.68. The zero-order chi connectivity index (χ0) is 18.1. The summed E-state index contributed by atoms with van der Waals surface area (Å²) < 4.78 is 17.8. The number of hydrogen-bond donors (Lipinski definition) is 0. The average molecular weight is 365 g/mol. The number of carbonyl (C=O) groups excluding carboxylic acids is 1. The summed E-state index contributed by atoms with van der Waals surface area (Å²) >= 11 is 1.36. The van der Waals surface area contributed by atoms with Crippen molar-refractivity contribution in [2.24, 2.45) is 5.92 Å². The molecule has 5 heteroatoms. The molecule has 1 aromatic carbocycles. The van der Waals surface area contributed by atoms with Crippen LogP contribution in [0.25, 0.3) is 6.08 Å². The second-order valence-electron chi connectivity index (χ2n) is 5.80. The average Bonchev–Trinajstić information content (AvgIpc) is 2.61. The third-order valence-electron chi connectivity index (χ3n) is 4.07. The molecule has 1 aliphatic rings. The standard InChI is InChI=1S/C20H28O4S/c1-4-22-20(23-5-2)15-14-17(19(21)25-6-3)18(24-20)13-12-16-10-8-7-9-11-16/h7-13,17-18H,4-6,14-15H2,1-3H3/b13-12+/t17-,18-/m0/s1. The summed E-state index contributed by atoms with van der Waals surface area (Å²) in [5.41, 5.74) is 1.07. The van der Waals surface area contributed by atoms with Crippen LogP contribution in [-0.2, 0) is 19.0 Å². The number of hydrogen-bond acceptors (Lipinski definition) is 5. The summed E-state index contributed by atoms with van der Waals surface area (Å²) in [5.74, 6) is -0.464. The highest BCUT2D eigenvalue weighted by atomic mass is 32.2. The van der Waals surface area contributed by atoms with Gasteiger partial charge in [-0.1, -0.05) is 61.2 Å². The second-order valence-corrected chi connectivity index (χ2v) is 7.07. The quantitative estimate of drug-likeness (QED) is 0.636. The van der Waals surface area contributed by atoms with Crippen LogP contribution < -0.4 is 0 Å². The summed E-state index contributed by atoms with van der Waals surface area (Å²) in [6.45, 7) is 6.83. The predicted octanol–water partition coefficient (Wildman–Crippen LogP) is 4.50. The Morgan fingerprint density at radius 2 is 1.92 bits per heavy atom. The summed E-state index contributed by atoms with van der Waals surface area (Å²) in [6.07, 6.45) is 4.84. The molecule has 1 aliphatic heterocycles. The Labute approximate surface area is 154 Å². The zero-order valence-corrected chi connectivity index (χ0v) is 16.1. The molecule has 0 aromatic heterocycles. The van der Waals surface area contributed by atoms with Gasteiger partial charge in [-0.2, -0.15) is 0 Å². The van der Waals surface area contributed by atoms with Gasteiger partial charge in [-0.25, -0.2) is 0 Å². The molecule has 0 amide bonds. The number of ether oxygens (including phenoxy) is 3. The van der Waals surface area contributed by atoms with Gasteiger partial charge in [0, 0.05) is 19.6 Å². The van der Waals surface area contributed by atoms with Gasteiger partial charge in [0.2, 0.25) is 0 Å². The molecule has 4 nitrogen and oxygen atoms in total. The van der Waals surface area contributed by atoms with Gasteiger partial charge in [-0.15, -0.1) is 0 Å². The molecule has 1 saturated heterocycles. The lowest BCUT2D eigenvalue weighted by molar-refractivity contribution is -0.404. The maximum atomic E-state index is 12.5. The molecule has 0 radical (unpaired) electrons. The number of rotatable bonds is 8. The maximum Gasteiger partial charge on any atom is 0.283 e. The Bertz CT molecular complexity index is 552. The molecule has 2 rings (SSSR count). The first-order valence-electron chi connectivity index (χ1n) is 8.99. The monoisotopic (exact) mass is 364 g/mol. The third-order valence-corrected chi connectivity index (χ3v) is 4.95. The van der Waals surface area contributed by atoms with E-state index in [4.69, 9.17) is 14.2 Å². The van der Waals surface area contributed by atoms with Gasteiger partial charge in [-0.05, 0) is 31.6 Å². The molecule has 1 aromatic rings. The van der Waals surface area contributed by atoms with Crippen LogP contribution in [0.3, 0.4) is 0 Å². The van der Waals surface area contributed by atoms with Crippen LogP contribution in [-0.4, -0.2) is 36.2 Å². The van der Waals surface area contributed by atoms with E-state index in [-0.39, 0.29) is 17.1 Å². The maximum absolute atomic E-state index is 12.5. The Balaban J connectivity index is 2.21. The Kier molecular flexibility index (Phi) is 8.16. The Morgan fingerprint density at radius 1 is 1.24 bits per heavy atom. The lowest BCUT2D eigenvalue weighted by Gasteiger charge is -2.42. The topological polar surface area (TPSA) is 44.8 Å². The molecule has 0 unspecified atom stereocenters. The first kappa shape index (κ1) is 20.2. The zero-order valence-electron chi connectivity index (χ0n) is 15.3. The van der Waals surface area contributed by atoms with E-state index in [2.05, 4.69) is 0 Å². The first-order valence-corrected chi connectivity index (χ1v) is 9.98. The van der Waals surface area contributed by atoms with Crippen molar-refractivity contribution < 1.29 is 19.0 Å². The van der Waals surface area contributed by atoms with Crippen LogP contribution in [0.2, 0.25) is 0 Å². The van der Waals surface area contributed by atoms with Crippen LogP contribution in [0.4, 0.5) is 0 Å². The van der Waals surface area contributed by atoms with Gasteiger partial charge in [0.25, 0.3) is 5.97 Å². The van der Waals surface area contributed by atoms with Crippen molar-refractivity contribution in [2.75, 3.05) is 19.0 Å². The highest BCUT2D eigenvalue weighted by Crippen LogP contribution is 2.37. The Morgan fingerprint density at radius 3 is 2.52 bits per heavy atom. The van der Waals surface area contributed by atoms with Crippen molar-refractivity contribution in [2.45, 2.75) is 45.7 Å². The van der Waals surface area contributed by atoms with Gasteiger partial charge in [0.1, 0.15) is 0 Å². The van der Waals surface area contributed by atoms with Crippen LogP contribution in [0.1, 0.15) is 39.2 Å². The largest absolute Gasteiger partial charge is 0.328 e. The smallest absolute Gasteiger partial charge is 0.283 e. The van der Waals surface area contributed by atoms with E-state index in [0.717, 1.165) is 11.3 Å². The summed E-state index contributed by atoms with van der Waals surface area (Å²) in [6, 6.07) is 10.0. The van der Waals surface area contributed by atoms with E-state index < -0.39 is 5.97 Å². The normalized spacial score (nSPS) is 23.0. The molecular formula is C20H28O4S. The first-order chi connectivity index (χ1) is 12.1. The van der Waals surface area contributed by atoms with Crippen LogP contribution in [0.15, 0.2) is 36.4 Å². The van der Waals surface area contributed by atoms with Crippen LogP contribution >= 0.6 is 11.8 Å². The summed E-state index contributed by atoms with van der Waals surface area (Å²) in [7, 11) is 0. The van der Waals surface area contributed by atoms with E-state index in [1.807, 2.05) is 63.3 Å². The fraction of sp³-hybridized carbons (Fsp3) is 0.550. The summed E-state index contributed by atoms with van der Waals surface area (Å²) in [4.78, 5) is 12.5. The van der Waals surface area contributed by atoms with E-state index in [1.54, 1.807) is 0 Å². The van der Waals surface area contributed by atoms with Crippen LogP contribution in [0.5, 0.6) is 0 Å². The fourth-order valence-corrected chi connectivity index (χ4v) is 3.73. The van der Waals surface area contributed by atoms with Crippen molar-refractivity contribution in [1.82, 2.24) is 0 Å². The van der Waals surface area contributed by atoms with Gasteiger partial charge < -0.3 is 14.2 Å². The molecule has 0 spiro atoms. The summed E-state index contributed by atoms with van der Waals surface area (Å²) in [5, 5.41) is 0.173. The SMILES string of the molecule is CCOC1(OCC)CC[C@H](C(=O)SCC)[C@H](/C=C/c2ccccc2)O1. The number of thioether (sulfide) groups is 1. The number of carbonyl (C=O) groups is 1. The molecular weight excluding hydrogens is 336 g/mol. The van der Waals surface area contributed by atoms with Crippen molar-refractivity contribution in [3.63, 3.8) is 0 Å². The van der Waals surface area contributed by atoms with E-state index in [1.165, 1.54) is 11.8 Å². The molecule has 25 heavy (non-hydrogen) atoms. The van der Waals surface area contributed by atoms with E-state index in [9.17, 15) is 4.79 Å². The van der Waals surface area contributed by atoms with Gasteiger partial charge in [0.15, 0.2) is 5.12 Å². The number of benzene rings is 1. The molecule has 138 valence electrons. The predicted molar refractivity (Wildman–Crippen MR) is 102 cm³/mol. The lowest BCUT2D eigenvalue weighted by Crippen LogP contribution is -2.49. The van der Waals surface area contributed by atoms with Crippen molar-refractivity contribution >= 4 is 23.0 Å². The minimum Gasteiger partial charge on any atom is -0.328 e. The second kappa shape index (κ2) is 10.1. The fourth-order valence-electron chi connectivity index (χ4n) is 2.98. The molecule has 0 aliphatic carbocycles. The molecule has 0 bridgehead atoms. The molecule has 0 N–H and O–H groups in total.